The summed E-state index contributed by atoms with van der Waals surface area (Å²) in [5.74, 6) is 0. The topological polar surface area (TPSA) is 25.8 Å². The molecule has 0 amide bonds. The second kappa shape index (κ2) is 8.15. The predicted octanol–water partition coefficient (Wildman–Crippen LogP) is 9.17. The SMILES string of the molecule is Brc1ccc(-c2nc3c(Br)c4ccccc4c(Br)c3nc2-c2ccc(Br)cc2)cc1. The van der Waals surface area contributed by atoms with E-state index in [2.05, 4.69) is 100 Å². The van der Waals surface area contributed by atoms with E-state index < -0.39 is 0 Å². The average Bonchev–Trinajstić information content (AvgIpc) is 2.78. The van der Waals surface area contributed by atoms with Gasteiger partial charge in [-0.3, -0.25) is 0 Å². The van der Waals surface area contributed by atoms with Gasteiger partial charge in [-0.2, -0.15) is 0 Å². The Hall–Kier alpha value is -1.60. The van der Waals surface area contributed by atoms with Gasteiger partial charge in [0.15, 0.2) is 0 Å². The van der Waals surface area contributed by atoms with Gasteiger partial charge >= 0.3 is 0 Å². The number of rotatable bonds is 2. The monoisotopic (exact) mass is 644 g/mol. The first kappa shape index (κ1) is 20.3. The van der Waals surface area contributed by atoms with Gasteiger partial charge in [-0.15, -0.1) is 0 Å². The van der Waals surface area contributed by atoms with E-state index in [1.165, 1.54) is 0 Å². The second-order valence-electron chi connectivity index (χ2n) is 6.81. The van der Waals surface area contributed by atoms with Crippen molar-refractivity contribution in [3.05, 3.63) is 90.7 Å². The van der Waals surface area contributed by atoms with Crippen LogP contribution in [0.2, 0.25) is 0 Å². The van der Waals surface area contributed by atoms with Crippen LogP contribution in [0, 0.1) is 0 Å². The number of fused-ring (bicyclic) bond motifs is 2. The number of benzene rings is 4. The summed E-state index contributed by atoms with van der Waals surface area (Å²) >= 11 is 14.6. The van der Waals surface area contributed by atoms with E-state index in [0.29, 0.717) is 0 Å². The van der Waals surface area contributed by atoms with Gasteiger partial charge < -0.3 is 0 Å². The van der Waals surface area contributed by atoms with Crippen LogP contribution in [-0.2, 0) is 0 Å². The predicted molar refractivity (Wildman–Crippen MR) is 139 cm³/mol. The van der Waals surface area contributed by atoms with Crippen molar-refractivity contribution < 1.29 is 0 Å². The Morgan fingerprint density at radius 3 is 1.20 bits per heavy atom. The van der Waals surface area contributed by atoms with Gasteiger partial charge in [0, 0.05) is 20.1 Å². The molecule has 1 aromatic heterocycles. The van der Waals surface area contributed by atoms with Crippen LogP contribution in [0.15, 0.2) is 90.7 Å². The van der Waals surface area contributed by atoms with E-state index in [0.717, 1.165) is 62.2 Å². The van der Waals surface area contributed by atoms with Crippen molar-refractivity contribution in [1.29, 1.82) is 0 Å². The van der Waals surface area contributed by atoms with Crippen LogP contribution >= 0.6 is 63.7 Å². The Labute approximate surface area is 207 Å². The minimum atomic E-state index is 0.833. The fourth-order valence-corrected chi connectivity index (χ4v) is 5.25. The van der Waals surface area contributed by atoms with E-state index in [1.54, 1.807) is 0 Å². The molecule has 0 N–H and O–H groups in total. The minimum Gasteiger partial charge on any atom is -0.243 e. The molecule has 0 aliphatic carbocycles. The number of nitrogens with zero attached hydrogens (tertiary/aromatic N) is 2. The summed E-state index contributed by atoms with van der Waals surface area (Å²) < 4.78 is 3.95. The molecule has 0 saturated carbocycles. The van der Waals surface area contributed by atoms with E-state index in [9.17, 15) is 0 Å². The highest BCUT2D eigenvalue weighted by molar-refractivity contribution is 9.11. The zero-order valence-electron chi connectivity index (χ0n) is 15.3. The first-order valence-electron chi connectivity index (χ1n) is 9.12. The van der Waals surface area contributed by atoms with Crippen molar-refractivity contribution in [2.75, 3.05) is 0 Å². The van der Waals surface area contributed by atoms with Gasteiger partial charge in [-0.1, -0.05) is 80.4 Å². The Morgan fingerprint density at radius 1 is 0.467 bits per heavy atom. The zero-order valence-corrected chi connectivity index (χ0v) is 21.7. The standard InChI is InChI=1S/C24H12Br4N2/c25-15-9-5-13(6-10-15)21-22(14-7-11-16(26)12-8-14)30-24-20(28)18-4-2-1-3-17(18)19(27)23(24)29-21/h1-12H. The Morgan fingerprint density at radius 2 is 0.833 bits per heavy atom. The number of halogens is 4. The molecule has 0 aliphatic heterocycles. The van der Waals surface area contributed by atoms with Gasteiger partial charge in [-0.25, -0.2) is 9.97 Å². The molecule has 0 unspecified atom stereocenters. The van der Waals surface area contributed by atoms with E-state index in [-0.39, 0.29) is 0 Å². The van der Waals surface area contributed by atoms with Crippen LogP contribution in [0.3, 0.4) is 0 Å². The summed E-state index contributed by atoms with van der Waals surface area (Å²) in [5.41, 5.74) is 5.39. The molecule has 0 saturated heterocycles. The lowest BCUT2D eigenvalue weighted by Gasteiger charge is -2.14. The third-order valence-electron chi connectivity index (χ3n) is 4.95. The van der Waals surface area contributed by atoms with Crippen LogP contribution in [0.1, 0.15) is 0 Å². The Bertz CT molecular complexity index is 1300. The van der Waals surface area contributed by atoms with Crippen molar-refractivity contribution >= 4 is 85.5 Å². The molecule has 5 rings (SSSR count). The zero-order chi connectivity index (χ0) is 20.8. The molecule has 5 aromatic rings. The highest BCUT2D eigenvalue weighted by Gasteiger charge is 2.19. The fraction of sp³-hybridized carbons (Fsp3) is 0. The fourth-order valence-electron chi connectivity index (χ4n) is 3.48. The lowest BCUT2D eigenvalue weighted by molar-refractivity contribution is 1.29. The normalized spacial score (nSPS) is 11.3. The molecule has 0 atom stereocenters. The van der Waals surface area contributed by atoms with Crippen LogP contribution < -0.4 is 0 Å². The Balaban J connectivity index is 1.91. The molecule has 6 heteroatoms. The molecule has 30 heavy (non-hydrogen) atoms. The molecule has 0 radical (unpaired) electrons. The summed E-state index contributed by atoms with van der Waals surface area (Å²) in [7, 11) is 0. The molecule has 0 aliphatic rings. The first-order valence-corrected chi connectivity index (χ1v) is 12.3. The van der Waals surface area contributed by atoms with Gasteiger partial charge in [0.05, 0.1) is 20.3 Å². The molecule has 0 spiro atoms. The summed E-state index contributed by atoms with van der Waals surface area (Å²) in [6, 6.07) is 24.6. The third kappa shape index (κ3) is 3.54. The van der Waals surface area contributed by atoms with Crippen molar-refractivity contribution in [3.63, 3.8) is 0 Å². The van der Waals surface area contributed by atoms with Crippen LogP contribution in [0.5, 0.6) is 0 Å². The third-order valence-corrected chi connectivity index (χ3v) is 7.61. The quantitative estimate of drug-likeness (QED) is 0.179. The van der Waals surface area contributed by atoms with Crippen molar-refractivity contribution in [2.45, 2.75) is 0 Å². The molecule has 4 aromatic carbocycles. The molecular formula is C24H12Br4N2. The van der Waals surface area contributed by atoms with Crippen LogP contribution in [-0.4, -0.2) is 9.97 Å². The van der Waals surface area contributed by atoms with Gasteiger partial charge in [0.2, 0.25) is 0 Å². The Kier molecular flexibility index (Phi) is 5.52. The van der Waals surface area contributed by atoms with Gasteiger partial charge in [-0.05, 0) is 66.9 Å². The second-order valence-corrected chi connectivity index (χ2v) is 10.2. The maximum absolute atomic E-state index is 5.12. The minimum absolute atomic E-state index is 0.833. The molecule has 0 fully saturated rings. The largest absolute Gasteiger partial charge is 0.243 e. The first-order chi connectivity index (χ1) is 14.5. The summed E-state index contributed by atoms with van der Waals surface area (Å²) in [5, 5.41) is 2.20. The van der Waals surface area contributed by atoms with E-state index in [4.69, 9.17) is 9.97 Å². The maximum atomic E-state index is 5.12. The molecule has 146 valence electrons. The number of aromatic nitrogens is 2. The number of hydrogen-bond donors (Lipinski definition) is 0. The van der Waals surface area contributed by atoms with Crippen molar-refractivity contribution in [3.8, 4) is 22.5 Å². The van der Waals surface area contributed by atoms with Crippen molar-refractivity contribution in [2.24, 2.45) is 0 Å². The maximum Gasteiger partial charge on any atom is 0.105 e. The summed E-state index contributed by atoms with van der Waals surface area (Å²) in [6.07, 6.45) is 0. The van der Waals surface area contributed by atoms with Crippen LogP contribution in [0.4, 0.5) is 0 Å². The lowest BCUT2D eigenvalue weighted by atomic mass is 10.0. The highest BCUT2D eigenvalue weighted by atomic mass is 79.9. The van der Waals surface area contributed by atoms with Crippen LogP contribution in [0.25, 0.3) is 44.3 Å². The molecular weight excluding hydrogens is 636 g/mol. The highest BCUT2D eigenvalue weighted by Crippen LogP contribution is 2.41. The molecule has 1 heterocycles. The van der Waals surface area contributed by atoms with E-state index in [1.807, 2.05) is 36.4 Å². The van der Waals surface area contributed by atoms with Crippen molar-refractivity contribution in [1.82, 2.24) is 9.97 Å². The van der Waals surface area contributed by atoms with E-state index >= 15 is 0 Å². The number of hydrogen-bond acceptors (Lipinski definition) is 2. The smallest absolute Gasteiger partial charge is 0.105 e. The summed E-state index contributed by atoms with van der Waals surface area (Å²) in [6.45, 7) is 0. The van der Waals surface area contributed by atoms with Gasteiger partial charge in [0.1, 0.15) is 11.0 Å². The molecule has 0 bridgehead atoms. The average molecular weight is 648 g/mol. The summed E-state index contributed by atoms with van der Waals surface area (Å²) in [4.78, 5) is 10.2. The van der Waals surface area contributed by atoms with Gasteiger partial charge in [0.25, 0.3) is 0 Å². The lowest BCUT2D eigenvalue weighted by Crippen LogP contribution is -1.97. The molecule has 2 nitrogen and oxygen atoms in total.